The van der Waals surface area contributed by atoms with Gasteiger partial charge in [0, 0.05) is 36.8 Å². The third-order valence-corrected chi connectivity index (χ3v) is 14.3. The van der Waals surface area contributed by atoms with Gasteiger partial charge in [-0.05, 0) is 96.5 Å². The number of aliphatic hydroxyl groups is 2. The Balaban J connectivity index is 0.995. The van der Waals surface area contributed by atoms with Crippen LogP contribution >= 0.6 is 0 Å². The molecule has 0 saturated heterocycles. The first-order valence-electron chi connectivity index (χ1n) is 24.0. The zero-order valence-electron chi connectivity index (χ0n) is 42.7. The molecule has 0 fully saturated rings. The van der Waals surface area contributed by atoms with Crippen LogP contribution in [0.15, 0.2) is 60.7 Å². The summed E-state index contributed by atoms with van der Waals surface area (Å²) in [7, 11) is 17.0. The molecular formula is C54H74N2O14+2. The fraction of sp³-hybridized carbons (Fsp3) is 0.519. The van der Waals surface area contributed by atoms with E-state index in [1.807, 2.05) is 60.7 Å². The molecule has 0 amide bonds. The Morgan fingerprint density at radius 2 is 0.814 bits per heavy atom. The molecule has 2 N–H and O–H groups in total. The number of nitrogens with zero attached hydrogens (tertiary/aromatic N) is 2. The van der Waals surface area contributed by atoms with E-state index in [0.717, 1.165) is 33.4 Å². The van der Waals surface area contributed by atoms with Gasteiger partial charge in [0.25, 0.3) is 0 Å². The Morgan fingerprint density at radius 1 is 0.486 bits per heavy atom. The van der Waals surface area contributed by atoms with Crippen LogP contribution in [0.25, 0.3) is 0 Å². The molecule has 0 spiro atoms. The quantitative estimate of drug-likeness (QED) is 0.0426. The van der Waals surface area contributed by atoms with Gasteiger partial charge < -0.3 is 66.5 Å². The topological polar surface area (TPSA) is 167 Å². The summed E-state index contributed by atoms with van der Waals surface area (Å²) in [5.74, 6) is 3.70. The van der Waals surface area contributed by atoms with Gasteiger partial charge in [0.05, 0.1) is 97.3 Å². The van der Waals surface area contributed by atoms with Crippen LogP contribution in [0.5, 0.6) is 46.0 Å². The summed E-state index contributed by atoms with van der Waals surface area (Å²) in [6, 6.07) is 19.5. The number of quaternary nitrogens is 2. The Hall–Kier alpha value is -5.94. The Kier molecular flexibility index (Phi) is 18.5. The maximum Gasteiger partial charge on any atom is 0.340 e. The molecule has 6 rings (SSSR count). The number of esters is 2. The molecule has 16 heteroatoms. The first-order valence-corrected chi connectivity index (χ1v) is 24.0. The van der Waals surface area contributed by atoms with Crippen LogP contribution in [0.3, 0.4) is 0 Å². The van der Waals surface area contributed by atoms with Crippen molar-refractivity contribution in [1.29, 1.82) is 0 Å². The molecule has 0 aliphatic carbocycles. The third kappa shape index (κ3) is 12.3. The van der Waals surface area contributed by atoms with E-state index in [9.17, 15) is 19.8 Å². The van der Waals surface area contributed by atoms with Gasteiger partial charge in [0.2, 0.25) is 12.2 Å². The highest BCUT2D eigenvalue weighted by Crippen LogP contribution is 2.45. The lowest BCUT2D eigenvalue weighted by molar-refractivity contribution is -0.943. The lowest BCUT2D eigenvalue weighted by atomic mass is 9.86. The van der Waals surface area contributed by atoms with Crippen molar-refractivity contribution in [1.82, 2.24) is 0 Å². The first kappa shape index (κ1) is 53.4. The summed E-state index contributed by atoms with van der Waals surface area (Å²) in [6.07, 6.45) is 2.51. The van der Waals surface area contributed by atoms with Crippen molar-refractivity contribution in [2.24, 2.45) is 0 Å². The molecule has 382 valence electrons. The molecule has 0 aromatic heterocycles. The highest BCUT2D eigenvalue weighted by atomic mass is 16.6. The van der Waals surface area contributed by atoms with Gasteiger partial charge in [-0.3, -0.25) is 0 Å². The number of hydrogen-bond acceptors (Lipinski definition) is 14. The van der Waals surface area contributed by atoms with Crippen molar-refractivity contribution in [2.45, 2.75) is 75.7 Å². The number of rotatable bonds is 25. The van der Waals surface area contributed by atoms with Gasteiger partial charge in [0.1, 0.15) is 25.2 Å². The number of hydrogen-bond donors (Lipinski definition) is 2. The van der Waals surface area contributed by atoms with Gasteiger partial charge in [-0.15, -0.1) is 0 Å². The number of benzene rings is 4. The Morgan fingerprint density at radius 3 is 1.16 bits per heavy atom. The normalized spacial score (nSPS) is 20.2. The minimum Gasteiger partial charge on any atom is -0.493 e. The van der Waals surface area contributed by atoms with E-state index in [1.165, 1.54) is 0 Å². The van der Waals surface area contributed by atoms with Crippen LogP contribution in [0.2, 0.25) is 0 Å². The minimum absolute atomic E-state index is 0.145. The average Bonchev–Trinajstić information content (AvgIpc) is 3.37. The number of unbranched alkanes of at least 4 members (excludes halogenated alkanes) is 3. The van der Waals surface area contributed by atoms with E-state index in [0.29, 0.717) is 119 Å². The van der Waals surface area contributed by atoms with Crippen molar-refractivity contribution in [2.75, 3.05) is 110 Å². The van der Waals surface area contributed by atoms with Crippen molar-refractivity contribution < 1.29 is 76.1 Å². The minimum atomic E-state index is -1.35. The molecule has 4 aromatic rings. The van der Waals surface area contributed by atoms with Gasteiger partial charge in [-0.2, -0.15) is 0 Å². The lowest BCUT2D eigenvalue weighted by Gasteiger charge is -2.46. The van der Waals surface area contributed by atoms with E-state index < -0.39 is 24.1 Å². The monoisotopic (exact) mass is 975 g/mol. The molecule has 16 nitrogen and oxygen atoms in total. The number of carbonyl (C=O) groups is 2. The molecule has 0 radical (unpaired) electrons. The summed E-state index contributed by atoms with van der Waals surface area (Å²) in [5, 5.41) is 22.7. The zero-order valence-corrected chi connectivity index (χ0v) is 42.7. The summed E-state index contributed by atoms with van der Waals surface area (Å²) >= 11 is 0. The second-order valence-electron chi connectivity index (χ2n) is 18.7. The Labute approximate surface area is 413 Å². The van der Waals surface area contributed by atoms with Crippen LogP contribution < -0.4 is 37.9 Å². The average molecular weight is 975 g/mol. The molecule has 6 atom stereocenters. The van der Waals surface area contributed by atoms with Crippen LogP contribution in [0, 0.1) is 0 Å². The molecule has 0 bridgehead atoms. The standard InChI is InChI=1S/C54H74N2O14/c1-55(21-19-37-29-49(65-7)51(67-9)31-39(37)41(55)25-35-15-17-45(61-3)47(27-35)63-5)33-43(57)53(59)69-23-13-11-12-14-24-70-54(60)44(58)34-56(2)22-20-38-30-50(66-8)52(68-10)32-40(38)42(56)26-36-16-18-46(62-4)48(28-36)64-6/h15-18,27-32,41-44,57-58H,11-14,19-26,33-34H2,1-10H3/q+2/t41-,42-,43+,44+,55?,56?/m1/s1. The fourth-order valence-corrected chi connectivity index (χ4v) is 10.3. The molecule has 2 aliphatic heterocycles. The second kappa shape index (κ2) is 24.3. The Bertz CT molecular complexity index is 2250. The highest BCUT2D eigenvalue weighted by molar-refractivity contribution is 5.75. The van der Waals surface area contributed by atoms with Crippen LogP contribution in [-0.2, 0) is 44.7 Å². The molecule has 0 saturated carbocycles. The predicted molar refractivity (Wildman–Crippen MR) is 263 cm³/mol. The van der Waals surface area contributed by atoms with E-state index in [-0.39, 0.29) is 38.4 Å². The van der Waals surface area contributed by atoms with Gasteiger partial charge in [-0.1, -0.05) is 12.1 Å². The SMILES string of the molecule is COc1ccc(C[C@@H]2c3cc(OC)c(OC)cc3CC[N+]2(C)C[C@H](O)C(=O)OCCCCCCOC(=O)[C@@H](O)C[N+]2(C)CCc3cc(OC)c(OC)cc3[C@H]2Cc2ccc(OC)c(OC)c2)cc1OC. The van der Waals surface area contributed by atoms with Gasteiger partial charge >= 0.3 is 11.9 Å². The number of methoxy groups -OCH3 is 8. The van der Waals surface area contributed by atoms with Gasteiger partial charge in [-0.25, -0.2) is 9.59 Å². The molecule has 2 aliphatic rings. The number of aliphatic hydroxyl groups excluding tert-OH is 2. The predicted octanol–water partition coefficient (Wildman–Crippen LogP) is 6.40. The summed E-state index contributed by atoms with van der Waals surface area (Å²) in [5.41, 5.74) is 6.40. The number of likely N-dealkylation sites (N-methyl/N-ethyl adjacent to an activating group) is 2. The van der Waals surface area contributed by atoms with Crippen LogP contribution in [0.4, 0.5) is 0 Å². The van der Waals surface area contributed by atoms with E-state index in [1.54, 1.807) is 56.9 Å². The van der Waals surface area contributed by atoms with Crippen LogP contribution in [0.1, 0.15) is 71.1 Å². The lowest BCUT2D eigenvalue weighted by Crippen LogP contribution is -2.56. The molecule has 70 heavy (non-hydrogen) atoms. The van der Waals surface area contributed by atoms with Crippen LogP contribution in [-0.4, -0.2) is 154 Å². The van der Waals surface area contributed by atoms with E-state index in [2.05, 4.69) is 14.1 Å². The summed E-state index contributed by atoms with van der Waals surface area (Å²) in [6.45, 7) is 1.94. The highest BCUT2D eigenvalue weighted by Gasteiger charge is 2.44. The fourth-order valence-electron chi connectivity index (χ4n) is 10.3. The molecule has 2 unspecified atom stereocenters. The number of fused-ring (bicyclic) bond motifs is 2. The summed E-state index contributed by atoms with van der Waals surface area (Å²) in [4.78, 5) is 26.5. The molecule has 2 heterocycles. The maximum atomic E-state index is 13.3. The zero-order chi connectivity index (χ0) is 50.6. The number of ether oxygens (including phenoxy) is 10. The third-order valence-electron chi connectivity index (χ3n) is 14.3. The molecular weight excluding hydrogens is 901 g/mol. The van der Waals surface area contributed by atoms with Crippen molar-refractivity contribution in [3.05, 3.63) is 94.0 Å². The van der Waals surface area contributed by atoms with E-state index >= 15 is 0 Å². The molecule has 4 aromatic carbocycles. The maximum absolute atomic E-state index is 13.3. The van der Waals surface area contributed by atoms with Gasteiger partial charge in [0.15, 0.2) is 46.0 Å². The first-order chi connectivity index (χ1) is 33.7. The summed E-state index contributed by atoms with van der Waals surface area (Å²) < 4.78 is 56.8. The largest absolute Gasteiger partial charge is 0.493 e. The van der Waals surface area contributed by atoms with Crippen molar-refractivity contribution in [3.8, 4) is 46.0 Å². The smallest absolute Gasteiger partial charge is 0.340 e. The second-order valence-corrected chi connectivity index (χ2v) is 18.7. The van der Waals surface area contributed by atoms with Crippen molar-refractivity contribution in [3.63, 3.8) is 0 Å². The number of carbonyl (C=O) groups excluding carboxylic acids is 2. The van der Waals surface area contributed by atoms with E-state index in [4.69, 9.17) is 47.4 Å². The van der Waals surface area contributed by atoms with Crippen molar-refractivity contribution >= 4 is 11.9 Å².